The van der Waals surface area contributed by atoms with Crippen molar-refractivity contribution in [3.8, 4) is 0 Å². The number of hydrogen-bond acceptors (Lipinski definition) is 6. The Bertz CT molecular complexity index is 626. The molecule has 0 radical (unpaired) electrons. The van der Waals surface area contributed by atoms with Gasteiger partial charge >= 0.3 is 0 Å². The number of likely N-dealkylation sites (tertiary alicyclic amines) is 1. The molecule has 1 fully saturated rings. The summed E-state index contributed by atoms with van der Waals surface area (Å²) in [5.74, 6) is 1.23. The molecule has 1 saturated heterocycles. The molecule has 1 unspecified atom stereocenters. The smallest absolute Gasteiger partial charge is 0.223 e. The summed E-state index contributed by atoms with van der Waals surface area (Å²) in [5.41, 5.74) is 5.72. The van der Waals surface area contributed by atoms with Crippen LogP contribution in [0.5, 0.6) is 0 Å². The number of nitrogens with zero attached hydrogens (tertiary/aromatic N) is 3. The van der Waals surface area contributed by atoms with Gasteiger partial charge in [0.2, 0.25) is 11.9 Å². The van der Waals surface area contributed by atoms with Crippen molar-refractivity contribution in [2.75, 3.05) is 24.6 Å². The molecule has 7 heteroatoms. The van der Waals surface area contributed by atoms with Gasteiger partial charge in [0.25, 0.3) is 0 Å². The van der Waals surface area contributed by atoms with E-state index in [4.69, 9.17) is 5.73 Å². The van der Waals surface area contributed by atoms with Crippen LogP contribution in [0.4, 0.5) is 11.8 Å². The highest BCUT2D eigenvalue weighted by Crippen LogP contribution is 2.27. The summed E-state index contributed by atoms with van der Waals surface area (Å²) < 4.78 is 0. The van der Waals surface area contributed by atoms with Gasteiger partial charge in [0.15, 0.2) is 0 Å². The number of carbonyl (C=O) groups excluding carboxylic acids is 1. The first kappa shape index (κ1) is 12.2. The Labute approximate surface area is 114 Å². The SMILES string of the molecule is CN1CC(Nc2nc(N)nc3sccc23)CCC1=O. The van der Waals surface area contributed by atoms with E-state index < -0.39 is 0 Å². The second-order valence-corrected chi connectivity index (χ2v) is 5.62. The average molecular weight is 277 g/mol. The molecular weight excluding hydrogens is 262 g/mol. The fraction of sp³-hybridized carbons (Fsp3) is 0.417. The lowest BCUT2D eigenvalue weighted by molar-refractivity contribution is -0.132. The lowest BCUT2D eigenvalue weighted by Crippen LogP contribution is -2.43. The summed E-state index contributed by atoms with van der Waals surface area (Å²) in [6.45, 7) is 0.689. The normalized spacial score (nSPS) is 19.9. The number of fused-ring (bicyclic) bond motifs is 1. The van der Waals surface area contributed by atoms with Crippen molar-refractivity contribution in [2.24, 2.45) is 0 Å². The minimum Gasteiger partial charge on any atom is -0.368 e. The van der Waals surface area contributed by atoms with E-state index in [1.165, 1.54) is 0 Å². The Morgan fingerprint density at radius 1 is 1.53 bits per heavy atom. The summed E-state index contributed by atoms with van der Waals surface area (Å²) in [6.07, 6.45) is 1.39. The molecule has 0 aromatic carbocycles. The molecule has 2 aromatic rings. The van der Waals surface area contributed by atoms with E-state index in [1.54, 1.807) is 16.2 Å². The zero-order valence-electron chi connectivity index (χ0n) is 10.6. The van der Waals surface area contributed by atoms with Crippen LogP contribution in [-0.4, -0.2) is 40.4 Å². The van der Waals surface area contributed by atoms with E-state index in [-0.39, 0.29) is 17.9 Å². The molecule has 1 aliphatic rings. The second kappa shape index (κ2) is 4.65. The van der Waals surface area contributed by atoms with E-state index in [1.807, 2.05) is 18.5 Å². The Morgan fingerprint density at radius 2 is 2.37 bits per heavy atom. The number of nitrogen functional groups attached to an aromatic ring is 1. The van der Waals surface area contributed by atoms with Crippen LogP contribution in [0.3, 0.4) is 0 Å². The Hall–Kier alpha value is -1.89. The first-order chi connectivity index (χ1) is 9.13. The van der Waals surface area contributed by atoms with Crippen LogP contribution in [0.15, 0.2) is 11.4 Å². The van der Waals surface area contributed by atoms with Gasteiger partial charge in [0.05, 0.1) is 5.39 Å². The summed E-state index contributed by atoms with van der Waals surface area (Å²) >= 11 is 1.54. The highest BCUT2D eigenvalue weighted by Gasteiger charge is 2.23. The topological polar surface area (TPSA) is 84.1 Å². The number of aromatic nitrogens is 2. The highest BCUT2D eigenvalue weighted by atomic mass is 32.1. The average Bonchev–Trinajstić information content (AvgIpc) is 2.82. The number of carbonyl (C=O) groups is 1. The molecule has 0 spiro atoms. The number of rotatable bonds is 2. The predicted octanol–water partition coefficient (Wildman–Crippen LogP) is 1.31. The van der Waals surface area contributed by atoms with Gasteiger partial charge in [-0.3, -0.25) is 4.79 Å². The van der Waals surface area contributed by atoms with Crippen molar-refractivity contribution in [2.45, 2.75) is 18.9 Å². The van der Waals surface area contributed by atoms with Gasteiger partial charge in [-0.25, -0.2) is 4.98 Å². The highest BCUT2D eigenvalue weighted by molar-refractivity contribution is 7.16. The zero-order chi connectivity index (χ0) is 13.4. The Kier molecular flexibility index (Phi) is 2.98. The largest absolute Gasteiger partial charge is 0.368 e. The Morgan fingerprint density at radius 3 is 3.16 bits per heavy atom. The van der Waals surface area contributed by atoms with Gasteiger partial charge in [-0.05, 0) is 17.9 Å². The van der Waals surface area contributed by atoms with Crippen molar-refractivity contribution >= 4 is 39.2 Å². The lowest BCUT2D eigenvalue weighted by Gasteiger charge is -2.30. The first-order valence-electron chi connectivity index (χ1n) is 6.14. The van der Waals surface area contributed by atoms with Crippen molar-refractivity contribution < 1.29 is 4.79 Å². The molecule has 3 rings (SSSR count). The molecule has 19 heavy (non-hydrogen) atoms. The molecule has 1 aliphatic heterocycles. The predicted molar refractivity (Wildman–Crippen MR) is 76.1 cm³/mol. The molecule has 100 valence electrons. The van der Waals surface area contributed by atoms with Crippen LogP contribution >= 0.6 is 11.3 Å². The molecule has 0 aliphatic carbocycles. The molecule has 1 amide bonds. The number of hydrogen-bond donors (Lipinski definition) is 2. The minimum absolute atomic E-state index is 0.195. The molecule has 3 N–H and O–H groups in total. The van der Waals surface area contributed by atoms with Crippen LogP contribution in [0.25, 0.3) is 10.2 Å². The molecule has 0 bridgehead atoms. The van der Waals surface area contributed by atoms with Crippen LogP contribution in [0, 0.1) is 0 Å². The summed E-state index contributed by atoms with van der Waals surface area (Å²) in [4.78, 5) is 22.6. The van der Waals surface area contributed by atoms with Crippen LogP contribution in [-0.2, 0) is 4.79 Å². The van der Waals surface area contributed by atoms with Gasteiger partial charge in [-0.1, -0.05) is 0 Å². The monoisotopic (exact) mass is 277 g/mol. The van der Waals surface area contributed by atoms with E-state index in [0.29, 0.717) is 13.0 Å². The van der Waals surface area contributed by atoms with Gasteiger partial charge in [-0.2, -0.15) is 4.98 Å². The van der Waals surface area contributed by atoms with Crippen molar-refractivity contribution in [1.82, 2.24) is 14.9 Å². The number of piperidine rings is 1. The first-order valence-corrected chi connectivity index (χ1v) is 7.02. The minimum atomic E-state index is 0.195. The van der Waals surface area contributed by atoms with Gasteiger partial charge in [0, 0.05) is 26.1 Å². The third kappa shape index (κ3) is 2.33. The fourth-order valence-corrected chi connectivity index (χ4v) is 3.08. The maximum atomic E-state index is 11.5. The number of thiophene rings is 1. The van der Waals surface area contributed by atoms with Crippen molar-refractivity contribution in [1.29, 1.82) is 0 Å². The van der Waals surface area contributed by atoms with E-state index in [0.717, 1.165) is 22.5 Å². The molecule has 2 aromatic heterocycles. The summed E-state index contributed by atoms with van der Waals surface area (Å²) in [7, 11) is 1.82. The lowest BCUT2D eigenvalue weighted by atomic mass is 10.1. The van der Waals surface area contributed by atoms with Crippen LogP contribution in [0.2, 0.25) is 0 Å². The maximum absolute atomic E-state index is 11.5. The van der Waals surface area contributed by atoms with Gasteiger partial charge < -0.3 is 16.0 Å². The van der Waals surface area contributed by atoms with E-state index >= 15 is 0 Å². The molecular formula is C12H15N5OS. The van der Waals surface area contributed by atoms with Crippen LogP contribution < -0.4 is 11.1 Å². The summed E-state index contributed by atoms with van der Waals surface area (Å²) in [6, 6.07) is 2.19. The number of amides is 1. The quantitative estimate of drug-likeness (QED) is 0.864. The standard InChI is InChI=1S/C12H15N5OS/c1-17-6-7(2-3-9(17)18)14-10-8-4-5-19-11(8)16-12(13)15-10/h4-5,7H,2-3,6H2,1H3,(H3,13,14,15,16). The van der Waals surface area contributed by atoms with Crippen molar-refractivity contribution in [3.05, 3.63) is 11.4 Å². The van der Waals surface area contributed by atoms with E-state index in [2.05, 4.69) is 15.3 Å². The van der Waals surface area contributed by atoms with Crippen LogP contribution in [0.1, 0.15) is 12.8 Å². The molecule has 6 nitrogen and oxygen atoms in total. The number of nitrogens with two attached hydrogens (primary N) is 1. The number of nitrogens with one attached hydrogen (secondary N) is 1. The number of anilines is 2. The maximum Gasteiger partial charge on any atom is 0.223 e. The summed E-state index contributed by atoms with van der Waals surface area (Å²) in [5, 5.41) is 6.34. The van der Waals surface area contributed by atoms with Crippen molar-refractivity contribution in [3.63, 3.8) is 0 Å². The van der Waals surface area contributed by atoms with E-state index in [9.17, 15) is 4.79 Å². The fourth-order valence-electron chi connectivity index (χ4n) is 2.31. The zero-order valence-corrected chi connectivity index (χ0v) is 11.4. The van der Waals surface area contributed by atoms with Gasteiger partial charge in [0.1, 0.15) is 10.6 Å². The molecule has 0 saturated carbocycles. The third-order valence-electron chi connectivity index (χ3n) is 3.31. The second-order valence-electron chi connectivity index (χ2n) is 4.72. The molecule has 1 atom stereocenters. The molecule has 3 heterocycles. The number of likely N-dealkylation sites (N-methyl/N-ethyl adjacent to an activating group) is 1. The van der Waals surface area contributed by atoms with Gasteiger partial charge in [-0.15, -0.1) is 11.3 Å². The Balaban J connectivity index is 1.85. The third-order valence-corrected chi connectivity index (χ3v) is 4.12.